The summed E-state index contributed by atoms with van der Waals surface area (Å²) in [6.07, 6.45) is 0. The van der Waals surface area contributed by atoms with E-state index < -0.39 is 0 Å². The summed E-state index contributed by atoms with van der Waals surface area (Å²) >= 11 is 17.7. The molecule has 2 aromatic carbocycles. The van der Waals surface area contributed by atoms with Crippen LogP contribution in [0, 0.1) is 20.8 Å². The number of halogens is 2. The van der Waals surface area contributed by atoms with Crippen LogP contribution in [-0.2, 0) is 13.1 Å². The van der Waals surface area contributed by atoms with E-state index in [1.807, 2.05) is 30.7 Å². The summed E-state index contributed by atoms with van der Waals surface area (Å²) in [6.45, 7) is 7.27. The first-order valence-corrected chi connectivity index (χ1v) is 10.1. The molecule has 0 fully saturated rings. The monoisotopic (exact) mass is 432 g/mol. The van der Waals surface area contributed by atoms with E-state index in [4.69, 9.17) is 35.4 Å². The molecule has 0 radical (unpaired) electrons. The van der Waals surface area contributed by atoms with E-state index >= 15 is 0 Å². The van der Waals surface area contributed by atoms with E-state index in [9.17, 15) is 0 Å². The number of anilines is 1. The van der Waals surface area contributed by atoms with Gasteiger partial charge in [-0.25, -0.2) is 0 Å². The van der Waals surface area contributed by atoms with Crippen molar-refractivity contribution >= 4 is 46.2 Å². The molecule has 1 heterocycles. The first-order valence-electron chi connectivity index (χ1n) is 8.92. The summed E-state index contributed by atoms with van der Waals surface area (Å²) in [7, 11) is 0. The Hall–Kier alpha value is -2.08. The fourth-order valence-electron chi connectivity index (χ4n) is 2.89. The lowest BCUT2D eigenvalue weighted by molar-refractivity contribution is 0.659. The molecule has 0 atom stereocenters. The molecule has 1 aromatic heterocycles. The second-order valence-electron chi connectivity index (χ2n) is 6.73. The maximum absolute atomic E-state index is 6.30. The molecule has 0 spiro atoms. The second-order valence-corrected chi connectivity index (χ2v) is 7.98. The smallest absolute Gasteiger partial charge is 0.171 e. The molecular weight excluding hydrogens is 411 g/mol. The first kappa shape index (κ1) is 20.6. The average Bonchev–Trinajstić information content (AvgIpc) is 2.91. The van der Waals surface area contributed by atoms with Gasteiger partial charge in [0.1, 0.15) is 0 Å². The standard InChI is InChI=1S/C21H22Cl2N4S/c1-13-4-6-16(7-5-13)11-24-21(28)25-20-14(2)26-27(15(20)3)12-17-8-9-18(22)10-19(17)23/h4-10H,11-12H2,1-3H3,(H2,24,25,28). The van der Waals surface area contributed by atoms with Gasteiger partial charge >= 0.3 is 0 Å². The van der Waals surface area contributed by atoms with Gasteiger partial charge in [-0.2, -0.15) is 5.10 Å². The molecule has 0 saturated heterocycles. The number of thiocarbonyl (C=S) groups is 1. The predicted molar refractivity (Wildman–Crippen MR) is 122 cm³/mol. The highest BCUT2D eigenvalue weighted by atomic mass is 35.5. The van der Waals surface area contributed by atoms with Gasteiger partial charge in [-0.1, -0.05) is 59.1 Å². The molecule has 2 N–H and O–H groups in total. The maximum atomic E-state index is 6.30. The van der Waals surface area contributed by atoms with Gasteiger partial charge in [0.05, 0.1) is 23.6 Å². The minimum absolute atomic E-state index is 0.563. The normalized spacial score (nSPS) is 10.8. The van der Waals surface area contributed by atoms with E-state index in [0.29, 0.717) is 28.2 Å². The molecule has 0 amide bonds. The van der Waals surface area contributed by atoms with Crippen LogP contribution in [0.15, 0.2) is 42.5 Å². The summed E-state index contributed by atoms with van der Waals surface area (Å²) in [5.74, 6) is 0. The average molecular weight is 433 g/mol. The Morgan fingerprint density at radius 1 is 1.07 bits per heavy atom. The van der Waals surface area contributed by atoms with Gasteiger partial charge in [-0.15, -0.1) is 0 Å². The minimum Gasteiger partial charge on any atom is -0.358 e. The van der Waals surface area contributed by atoms with E-state index in [0.717, 1.165) is 22.6 Å². The number of benzene rings is 2. The maximum Gasteiger partial charge on any atom is 0.171 e. The number of hydrogen-bond donors (Lipinski definition) is 2. The fraction of sp³-hybridized carbons (Fsp3) is 0.238. The summed E-state index contributed by atoms with van der Waals surface area (Å²) in [4.78, 5) is 0. The van der Waals surface area contributed by atoms with Crippen LogP contribution >= 0.6 is 35.4 Å². The zero-order valence-corrected chi connectivity index (χ0v) is 18.3. The van der Waals surface area contributed by atoms with E-state index in [1.54, 1.807) is 6.07 Å². The zero-order valence-electron chi connectivity index (χ0n) is 16.0. The number of aryl methyl sites for hydroxylation is 2. The van der Waals surface area contributed by atoms with Gasteiger partial charge in [0.2, 0.25) is 0 Å². The molecule has 0 aliphatic carbocycles. The number of rotatable bonds is 5. The molecule has 0 aliphatic heterocycles. The zero-order chi connectivity index (χ0) is 20.3. The molecule has 0 unspecified atom stereocenters. The Labute approximate surface area is 180 Å². The van der Waals surface area contributed by atoms with Crippen molar-refractivity contribution in [3.63, 3.8) is 0 Å². The van der Waals surface area contributed by atoms with Crippen molar-refractivity contribution in [3.05, 3.63) is 80.6 Å². The van der Waals surface area contributed by atoms with Gasteiger partial charge < -0.3 is 10.6 Å². The van der Waals surface area contributed by atoms with Crippen molar-refractivity contribution in [2.45, 2.75) is 33.9 Å². The third-order valence-corrected chi connectivity index (χ3v) is 5.36. The van der Waals surface area contributed by atoms with Crippen LogP contribution in [0.1, 0.15) is 28.1 Å². The Kier molecular flexibility index (Phi) is 6.60. The Balaban J connectivity index is 1.67. The van der Waals surface area contributed by atoms with Crippen LogP contribution in [0.4, 0.5) is 5.69 Å². The molecule has 3 aromatic rings. The number of nitrogens with zero attached hydrogens (tertiary/aromatic N) is 2. The van der Waals surface area contributed by atoms with Gasteiger partial charge in [-0.3, -0.25) is 4.68 Å². The molecule has 0 bridgehead atoms. The lowest BCUT2D eigenvalue weighted by Crippen LogP contribution is -2.28. The van der Waals surface area contributed by atoms with E-state index in [1.165, 1.54) is 11.1 Å². The van der Waals surface area contributed by atoms with Crippen LogP contribution in [-0.4, -0.2) is 14.9 Å². The van der Waals surface area contributed by atoms with Crippen LogP contribution < -0.4 is 10.6 Å². The van der Waals surface area contributed by atoms with Crippen LogP contribution in [0.3, 0.4) is 0 Å². The molecule has 28 heavy (non-hydrogen) atoms. The molecule has 0 saturated carbocycles. The van der Waals surface area contributed by atoms with Crippen molar-refractivity contribution in [2.75, 3.05) is 5.32 Å². The summed E-state index contributed by atoms with van der Waals surface area (Å²) in [5.41, 5.74) is 6.15. The Morgan fingerprint density at radius 3 is 2.46 bits per heavy atom. The van der Waals surface area contributed by atoms with Crippen LogP contribution in [0.5, 0.6) is 0 Å². The highest BCUT2D eigenvalue weighted by Gasteiger charge is 2.14. The quantitative estimate of drug-likeness (QED) is 0.511. The van der Waals surface area contributed by atoms with Crippen molar-refractivity contribution in [2.24, 2.45) is 0 Å². The molecular formula is C21H22Cl2N4S. The topological polar surface area (TPSA) is 41.9 Å². The second kappa shape index (κ2) is 8.95. The minimum atomic E-state index is 0.563. The molecule has 3 rings (SSSR count). The number of nitrogens with one attached hydrogen (secondary N) is 2. The molecule has 7 heteroatoms. The van der Waals surface area contributed by atoms with Gasteiger partial charge in [0.15, 0.2) is 5.11 Å². The Bertz CT molecular complexity index is 996. The van der Waals surface area contributed by atoms with E-state index in [2.05, 4.69) is 46.9 Å². The fourth-order valence-corrected chi connectivity index (χ4v) is 3.53. The van der Waals surface area contributed by atoms with Crippen LogP contribution in [0.2, 0.25) is 10.0 Å². The SMILES string of the molecule is Cc1ccc(CNC(=S)Nc2c(C)nn(Cc3ccc(Cl)cc3Cl)c2C)cc1. The molecule has 146 valence electrons. The third-order valence-electron chi connectivity index (χ3n) is 4.53. The largest absolute Gasteiger partial charge is 0.358 e. The van der Waals surface area contributed by atoms with Gasteiger partial charge in [0.25, 0.3) is 0 Å². The highest BCUT2D eigenvalue weighted by molar-refractivity contribution is 7.80. The van der Waals surface area contributed by atoms with Crippen molar-refractivity contribution in [1.29, 1.82) is 0 Å². The van der Waals surface area contributed by atoms with Gasteiger partial charge in [0, 0.05) is 16.6 Å². The highest BCUT2D eigenvalue weighted by Crippen LogP contribution is 2.25. The van der Waals surface area contributed by atoms with E-state index in [-0.39, 0.29) is 0 Å². The summed E-state index contributed by atoms with van der Waals surface area (Å²) < 4.78 is 1.91. The Morgan fingerprint density at radius 2 is 1.79 bits per heavy atom. The molecule has 4 nitrogen and oxygen atoms in total. The number of hydrogen-bond acceptors (Lipinski definition) is 2. The van der Waals surface area contributed by atoms with Crippen molar-refractivity contribution < 1.29 is 0 Å². The first-order chi connectivity index (χ1) is 13.3. The summed E-state index contributed by atoms with van der Waals surface area (Å²) in [6, 6.07) is 13.9. The predicted octanol–water partition coefficient (Wildman–Crippen LogP) is 5.65. The van der Waals surface area contributed by atoms with Gasteiger partial charge in [-0.05, 0) is 56.2 Å². The lowest BCUT2D eigenvalue weighted by atomic mass is 10.1. The summed E-state index contributed by atoms with van der Waals surface area (Å²) in [5, 5.41) is 13.0. The van der Waals surface area contributed by atoms with Crippen LogP contribution in [0.25, 0.3) is 0 Å². The van der Waals surface area contributed by atoms with Crippen molar-refractivity contribution in [3.8, 4) is 0 Å². The number of aromatic nitrogens is 2. The van der Waals surface area contributed by atoms with Crippen molar-refractivity contribution in [1.82, 2.24) is 15.1 Å². The third kappa shape index (κ3) is 5.04. The lowest BCUT2D eigenvalue weighted by Gasteiger charge is -2.12. The molecule has 0 aliphatic rings.